The molecule has 0 aliphatic rings. The molecule has 35 heteroatoms. The van der Waals surface area contributed by atoms with E-state index in [0.717, 1.165) is 33.4 Å². The van der Waals surface area contributed by atoms with E-state index in [-0.39, 0.29) is 129 Å². The van der Waals surface area contributed by atoms with Crippen LogP contribution >= 0.6 is 11.8 Å². The molecular weight excluding hydrogens is 1850 g/mol. The Kier molecular flexibility index (Phi) is 48.1. The van der Waals surface area contributed by atoms with Gasteiger partial charge < -0.3 is 97.9 Å². The van der Waals surface area contributed by atoms with E-state index >= 15 is 9.59 Å². The second kappa shape index (κ2) is 61.9. The fourth-order valence-corrected chi connectivity index (χ4v) is 15.7. The van der Waals surface area contributed by atoms with Crippen LogP contribution in [0.2, 0.25) is 0 Å². The molecule has 0 saturated carbocycles. The lowest BCUT2D eigenvalue weighted by Gasteiger charge is -2.26. The van der Waals surface area contributed by atoms with Gasteiger partial charge in [0.25, 0.3) is 0 Å². The van der Waals surface area contributed by atoms with E-state index in [9.17, 15) is 82.8 Å². The Morgan fingerprint density at radius 2 is 0.476 bits per heavy atom. The third-order valence-electron chi connectivity index (χ3n) is 22.8. The van der Waals surface area contributed by atoms with E-state index in [1.165, 1.54) is 0 Å². The van der Waals surface area contributed by atoms with E-state index in [1.807, 2.05) is 153 Å². The highest BCUT2D eigenvalue weighted by Crippen LogP contribution is 2.23. The number of benzene rings is 9. The normalized spacial score (nSPS) is 12.3. The van der Waals surface area contributed by atoms with Gasteiger partial charge in [0.15, 0.2) is 0 Å². The lowest BCUT2D eigenvalue weighted by Crippen LogP contribution is -2.57. The molecule has 0 spiro atoms. The Hall–Kier alpha value is -15.4. The Balaban J connectivity index is 0.939. The van der Waals surface area contributed by atoms with Crippen molar-refractivity contribution in [2.24, 2.45) is 0 Å². The molecule has 0 heterocycles. The SMILES string of the molecule is Cc1ccc(CSCCNC(=O)[C@H](CCCCNC(=O)[C@H](CCCCNC(=O)[C@H](Cc2ccc(OCc3ccccc3)cc2)NC(=O)CCC(=O)O)NC(=O)[C@H](Cc2ccc(OCc3ccccc3)cc2)NC(=O)CCC(=O)O)NC(=O)[C@H](CCCCNC(=O)[C@H](Cc2ccc(OCc3ccccc3)cc2)NC(=O)CCC(=O)O)NC(=O)[C@H](Cc2ccc(OCc3ccccc3)cc2)NC(=O)CCC(=O)O)cc1. The van der Waals surface area contributed by atoms with Crippen LogP contribution < -0.4 is 77.4 Å². The van der Waals surface area contributed by atoms with Gasteiger partial charge in [-0.2, -0.15) is 11.8 Å². The minimum absolute atomic E-state index is 0.00234. The fourth-order valence-electron chi connectivity index (χ4n) is 14.9. The number of aryl methyl sites for hydroxylation is 1. The third-order valence-corrected chi connectivity index (χ3v) is 23.8. The quantitative estimate of drug-likeness (QED) is 0.0157. The first-order valence-corrected chi connectivity index (χ1v) is 49.0. The van der Waals surface area contributed by atoms with Crippen molar-refractivity contribution in [2.75, 3.05) is 31.9 Å². The summed E-state index contributed by atoms with van der Waals surface area (Å²) in [6, 6.07) is 63.7. The zero-order chi connectivity index (χ0) is 102. The number of ether oxygens (including phenoxy) is 4. The molecule has 9 aromatic carbocycles. The van der Waals surface area contributed by atoms with E-state index < -0.39 is 183 Å². The molecule has 34 nitrogen and oxygen atoms in total. The first kappa shape index (κ1) is 111. The highest BCUT2D eigenvalue weighted by molar-refractivity contribution is 7.98. The van der Waals surface area contributed by atoms with Gasteiger partial charge in [0.05, 0.1) is 25.7 Å². The number of carbonyl (C=O) groups excluding carboxylic acids is 11. The van der Waals surface area contributed by atoms with Gasteiger partial charge in [-0.05, 0) is 163 Å². The number of aliphatic carboxylic acids is 4. The van der Waals surface area contributed by atoms with Crippen molar-refractivity contribution in [3.05, 3.63) is 298 Å². The number of amides is 11. The molecule has 9 rings (SSSR count). The van der Waals surface area contributed by atoms with Gasteiger partial charge in [-0.25, -0.2) is 0 Å². The summed E-state index contributed by atoms with van der Waals surface area (Å²) >= 11 is 1.54. The van der Waals surface area contributed by atoms with Crippen LogP contribution in [-0.4, -0.2) is 184 Å². The summed E-state index contributed by atoms with van der Waals surface area (Å²) in [5, 5.41) is 68.6. The van der Waals surface area contributed by atoms with Crippen LogP contribution in [0.1, 0.15) is 165 Å². The van der Waals surface area contributed by atoms with Gasteiger partial charge in [0, 0.05) is 89.1 Å². The minimum Gasteiger partial charge on any atom is -0.489 e. The maximum Gasteiger partial charge on any atom is 0.303 e. The van der Waals surface area contributed by atoms with Crippen LogP contribution in [0.5, 0.6) is 23.0 Å². The fraction of sp³-hybridized carbons (Fsp3) is 0.361. The summed E-state index contributed by atoms with van der Waals surface area (Å²) in [6.45, 7) is 3.03. The van der Waals surface area contributed by atoms with E-state index in [4.69, 9.17) is 18.9 Å². The Labute approximate surface area is 835 Å². The molecular formula is C108H127N11O23S. The predicted octanol–water partition coefficient (Wildman–Crippen LogP) is 10.3. The van der Waals surface area contributed by atoms with Gasteiger partial charge in [-0.3, -0.25) is 71.9 Å². The number of carboxylic acids is 4. The van der Waals surface area contributed by atoms with Crippen molar-refractivity contribution in [3.8, 4) is 23.0 Å². The summed E-state index contributed by atoms with van der Waals surface area (Å²) in [5.41, 5.74) is 8.15. The molecule has 143 heavy (non-hydrogen) atoms. The zero-order valence-electron chi connectivity index (χ0n) is 80.0. The molecule has 0 radical (unpaired) electrons. The Bertz CT molecular complexity index is 5560. The van der Waals surface area contributed by atoms with Gasteiger partial charge in [-0.1, -0.05) is 200 Å². The maximum atomic E-state index is 15.3. The molecule has 758 valence electrons. The van der Waals surface area contributed by atoms with Gasteiger partial charge in [0.2, 0.25) is 65.0 Å². The smallest absolute Gasteiger partial charge is 0.303 e. The predicted molar refractivity (Wildman–Crippen MR) is 536 cm³/mol. The first-order chi connectivity index (χ1) is 69.1. The molecule has 0 aromatic heterocycles. The summed E-state index contributed by atoms with van der Waals surface area (Å²) in [7, 11) is 0. The molecule has 7 atom stereocenters. The van der Waals surface area contributed by atoms with Gasteiger partial charge in [-0.15, -0.1) is 0 Å². The lowest BCUT2D eigenvalue weighted by molar-refractivity contribution is -0.139. The van der Waals surface area contributed by atoms with Crippen LogP contribution in [0.15, 0.2) is 243 Å². The van der Waals surface area contributed by atoms with E-state index in [0.29, 0.717) is 63.4 Å². The molecule has 0 fully saturated rings. The number of thioether (sulfide) groups is 1. The summed E-state index contributed by atoms with van der Waals surface area (Å²) in [6.07, 6.45) is -3.78. The molecule has 9 aromatic rings. The zero-order valence-corrected chi connectivity index (χ0v) is 80.8. The molecule has 0 aliphatic carbocycles. The largest absolute Gasteiger partial charge is 0.489 e. The molecule has 0 aliphatic heterocycles. The number of hydrogen-bond acceptors (Lipinski definition) is 20. The van der Waals surface area contributed by atoms with Crippen molar-refractivity contribution in [2.45, 2.75) is 216 Å². The van der Waals surface area contributed by atoms with Crippen LogP contribution in [0, 0.1) is 6.92 Å². The van der Waals surface area contributed by atoms with Crippen LogP contribution in [0.4, 0.5) is 0 Å². The van der Waals surface area contributed by atoms with Crippen molar-refractivity contribution < 1.29 is 111 Å². The molecule has 15 N–H and O–H groups in total. The topological polar surface area (TPSA) is 506 Å². The van der Waals surface area contributed by atoms with Crippen molar-refractivity contribution >= 4 is 101 Å². The number of carbonyl (C=O) groups is 15. The second-order valence-electron chi connectivity index (χ2n) is 34.4. The van der Waals surface area contributed by atoms with Gasteiger partial charge >= 0.3 is 23.9 Å². The Morgan fingerprint density at radius 3 is 0.741 bits per heavy atom. The molecule has 0 saturated heterocycles. The van der Waals surface area contributed by atoms with Crippen molar-refractivity contribution in [1.82, 2.24) is 58.5 Å². The van der Waals surface area contributed by atoms with Crippen LogP contribution in [0.25, 0.3) is 0 Å². The third kappa shape index (κ3) is 44.3. The summed E-state index contributed by atoms with van der Waals surface area (Å²) < 4.78 is 23.9. The number of carboxylic acid groups (broad SMARTS) is 4. The lowest BCUT2D eigenvalue weighted by atomic mass is 10.0. The first-order valence-electron chi connectivity index (χ1n) is 47.8. The second-order valence-corrected chi connectivity index (χ2v) is 35.5. The maximum absolute atomic E-state index is 15.3. The summed E-state index contributed by atoms with van der Waals surface area (Å²) in [4.78, 5) is 203. The van der Waals surface area contributed by atoms with Crippen LogP contribution in [-0.2, 0) is 130 Å². The molecule has 0 bridgehead atoms. The van der Waals surface area contributed by atoms with Gasteiger partial charge in [0.1, 0.15) is 91.7 Å². The summed E-state index contributed by atoms with van der Waals surface area (Å²) in [5.74, 6) is -9.92. The number of unbranched alkanes of at least 4 members (excludes halogenated alkanes) is 3. The van der Waals surface area contributed by atoms with Crippen molar-refractivity contribution in [1.29, 1.82) is 0 Å². The monoisotopic (exact) mass is 1980 g/mol. The van der Waals surface area contributed by atoms with Crippen LogP contribution in [0.3, 0.4) is 0 Å². The van der Waals surface area contributed by atoms with E-state index in [2.05, 4.69) is 58.5 Å². The average molecular weight is 1980 g/mol. The standard InChI is InChI=1S/C108H127N11O23S/c1-73-31-33-82(34-32-73)72-143-63-62-112-103(133)88(117-106(136)89(119-108(138)93(116-97(123)54-58-101(130)131)67-77-41-49-86(50-42-77)142-71-81-26-12-5-13-27-81)30-16-19-61-111-105(135)91(114-95(121)52-56-99(126)127)65-75-37-45-84(46-38-75)140-69-79-22-8-3-9-23-79)29-14-17-59-109-102(132)87(118-107(137)92(115-96(122)53-57-100(128)129)66-76-39-47-85(48-40-76)141-70-80-24-10-4-11-25-80)28-15-18-60-110-104(134)90(113-94(120)51-55-98(124)125)64-74-35-43-83(44-36-74)139-68-78-20-6-2-7-21-78/h2-13,20-27,31-50,87-93H,14-19,28-30,51-72H2,1H3,(H,109,132)(H,110,134)(H,111,135)(H,112,133)(H,113,120)(H,114,121)(H,115,122)(H,116,123)(H,117,136)(H,118,137)(H,119,138)(H,124,125)(H,126,127)(H,128,129)(H,130,131)/t87-,88-,89-,90-,91-,92-,93-/m0/s1. The number of rotatable bonds is 66. The number of nitrogens with one attached hydrogen (secondary N) is 11. The molecule has 0 unspecified atom stereocenters. The Morgan fingerprint density at radius 1 is 0.245 bits per heavy atom. The number of hydrogen-bond donors (Lipinski definition) is 15. The molecule has 11 amide bonds. The van der Waals surface area contributed by atoms with E-state index in [1.54, 1.807) is 109 Å². The minimum atomic E-state index is -1.49. The average Bonchev–Trinajstić information content (AvgIpc) is 0.855. The van der Waals surface area contributed by atoms with Crippen molar-refractivity contribution in [3.63, 3.8) is 0 Å². The highest BCUT2D eigenvalue weighted by Gasteiger charge is 2.33. The highest BCUT2D eigenvalue weighted by atomic mass is 32.2.